The van der Waals surface area contributed by atoms with Crippen LogP contribution in [0.25, 0.3) is 0 Å². The largest absolute Gasteiger partial charge is 0.497 e. The molecule has 0 aromatic heterocycles. The summed E-state index contributed by atoms with van der Waals surface area (Å²) in [6.45, 7) is 2.83. The lowest BCUT2D eigenvalue weighted by Gasteiger charge is -2.29. The van der Waals surface area contributed by atoms with Gasteiger partial charge in [0, 0.05) is 25.7 Å². The average Bonchev–Trinajstić information content (AvgIpc) is 2.80. The van der Waals surface area contributed by atoms with E-state index in [0.29, 0.717) is 18.7 Å². The third-order valence-corrected chi connectivity index (χ3v) is 6.88. The lowest BCUT2D eigenvalue weighted by Crippen LogP contribution is -2.34. The molecule has 31 heavy (non-hydrogen) atoms. The molecule has 9 heteroatoms. The van der Waals surface area contributed by atoms with Crippen molar-refractivity contribution in [3.05, 3.63) is 41.5 Å². The Balaban J connectivity index is 1.57. The maximum Gasteiger partial charge on any atom is 0.244 e. The molecule has 0 fully saturated rings. The molecule has 1 aliphatic heterocycles. The standard InChI is InChI=1S/C22H30N2O6S/c1-27-18-6-7-19(28-2)22(14-18)31(25,26)23-9-5-10-24-11-8-16-12-20(29-3)21(30-4)13-17(16)15-24/h6-7,12-14,23H,5,8-11,15H2,1-4H3. The molecule has 0 atom stereocenters. The van der Waals surface area contributed by atoms with E-state index in [1.807, 2.05) is 12.1 Å². The molecule has 0 spiro atoms. The molecule has 2 aromatic rings. The number of rotatable bonds is 10. The minimum atomic E-state index is -3.71. The zero-order chi connectivity index (χ0) is 22.4. The van der Waals surface area contributed by atoms with Gasteiger partial charge in [-0.05, 0) is 54.8 Å². The Morgan fingerprint density at radius 2 is 1.58 bits per heavy atom. The fourth-order valence-corrected chi connectivity index (χ4v) is 4.97. The minimum Gasteiger partial charge on any atom is -0.497 e. The Bertz CT molecular complexity index is 1010. The molecule has 0 amide bonds. The van der Waals surface area contributed by atoms with E-state index in [4.69, 9.17) is 18.9 Å². The maximum absolute atomic E-state index is 12.7. The Kier molecular flexibility index (Phi) is 7.64. The first-order valence-corrected chi connectivity index (χ1v) is 11.6. The van der Waals surface area contributed by atoms with Crippen molar-refractivity contribution in [2.45, 2.75) is 24.3 Å². The average molecular weight is 451 g/mol. The van der Waals surface area contributed by atoms with Crippen LogP contribution in [0.4, 0.5) is 0 Å². The van der Waals surface area contributed by atoms with E-state index in [9.17, 15) is 8.42 Å². The van der Waals surface area contributed by atoms with E-state index < -0.39 is 10.0 Å². The SMILES string of the molecule is COc1ccc(OC)c(S(=O)(=O)NCCCN2CCc3cc(OC)c(OC)cc3C2)c1. The van der Waals surface area contributed by atoms with E-state index in [1.54, 1.807) is 26.4 Å². The van der Waals surface area contributed by atoms with E-state index in [1.165, 1.54) is 31.4 Å². The van der Waals surface area contributed by atoms with Gasteiger partial charge in [-0.1, -0.05) is 0 Å². The summed E-state index contributed by atoms with van der Waals surface area (Å²) < 4.78 is 49.3. The van der Waals surface area contributed by atoms with Gasteiger partial charge in [0.25, 0.3) is 0 Å². The summed E-state index contributed by atoms with van der Waals surface area (Å²) in [5, 5.41) is 0. The van der Waals surface area contributed by atoms with Crippen LogP contribution >= 0.6 is 0 Å². The van der Waals surface area contributed by atoms with Crippen LogP contribution in [0.5, 0.6) is 23.0 Å². The number of benzene rings is 2. The third kappa shape index (κ3) is 5.41. The van der Waals surface area contributed by atoms with Crippen molar-refractivity contribution in [3.8, 4) is 23.0 Å². The summed E-state index contributed by atoms with van der Waals surface area (Å²) in [6.07, 6.45) is 1.61. The van der Waals surface area contributed by atoms with Gasteiger partial charge >= 0.3 is 0 Å². The van der Waals surface area contributed by atoms with Crippen molar-refractivity contribution >= 4 is 10.0 Å². The normalized spacial score (nSPS) is 14.1. The topological polar surface area (TPSA) is 86.3 Å². The predicted octanol–water partition coefficient (Wildman–Crippen LogP) is 2.45. The third-order valence-electron chi connectivity index (χ3n) is 5.40. The highest BCUT2D eigenvalue weighted by Gasteiger charge is 2.22. The number of ether oxygens (including phenoxy) is 4. The first-order valence-electron chi connectivity index (χ1n) is 10.1. The molecule has 170 valence electrons. The van der Waals surface area contributed by atoms with Crippen molar-refractivity contribution in [3.63, 3.8) is 0 Å². The van der Waals surface area contributed by atoms with E-state index in [0.717, 1.165) is 37.6 Å². The number of hydrogen-bond donors (Lipinski definition) is 1. The zero-order valence-electron chi connectivity index (χ0n) is 18.4. The van der Waals surface area contributed by atoms with Crippen LogP contribution in [0, 0.1) is 0 Å². The zero-order valence-corrected chi connectivity index (χ0v) is 19.3. The van der Waals surface area contributed by atoms with Gasteiger partial charge in [-0.3, -0.25) is 4.90 Å². The number of nitrogens with one attached hydrogen (secondary N) is 1. The predicted molar refractivity (Wildman–Crippen MR) is 118 cm³/mol. The fourth-order valence-electron chi connectivity index (χ4n) is 3.71. The maximum atomic E-state index is 12.7. The lowest BCUT2D eigenvalue weighted by atomic mass is 9.98. The first-order chi connectivity index (χ1) is 14.9. The number of sulfonamides is 1. The van der Waals surface area contributed by atoms with Crippen molar-refractivity contribution in [2.24, 2.45) is 0 Å². The summed E-state index contributed by atoms with van der Waals surface area (Å²) in [5.41, 5.74) is 2.48. The number of nitrogens with zero attached hydrogens (tertiary/aromatic N) is 1. The second-order valence-corrected chi connectivity index (χ2v) is 9.01. The lowest BCUT2D eigenvalue weighted by molar-refractivity contribution is 0.250. The second-order valence-electron chi connectivity index (χ2n) is 7.27. The molecule has 0 radical (unpaired) electrons. The van der Waals surface area contributed by atoms with Gasteiger partial charge in [-0.25, -0.2) is 13.1 Å². The van der Waals surface area contributed by atoms with Crippen LogP contribution in [0.2, 0.25) is 0 Å². The molecule has 3 rings (SSSR count). The van der Waals surface area contributed by atoms with Gasteiger partial charge in [0.05, 0.1) is 28.4 Å². The highest BCUT2D eigenvalue weighted by atomic mass is 32.2. The first kappa shape index (κ1) is 23.2. The van der Waals surface area contributed by atoms with E-state index in [2.05, 4.69) is 9.62 Å². The summed E-state index contributed by atoms with van der Waals surface area (Å²) >= 11 is 0. The van der Waals surface area contributed by atoms with Crippen LogP contribution in [0.3, 0.4) is 0 Å². The quantitative estimate of drug-likeness (QED) is 0.557. The number of methoxy groups -OCH3 is 4. The van der Waals surface area contributed by atoms with Gasteiger partial charge in [0.2, 0.25) is 10.0 Å². The molecule has 1 N–H and O–H groups in total. The molecular formula is C22H30N2O6S. The van der Waals surface area contributed by atoms with Crippen LogP contribution in [-0.4, -0.2) is 61.4 Å². The molecule has 0 unspecified atom stereocenters. The molecule has 8 nitrogen and oxygen atoms in total. The summed E-state index contributed by atoms with van der Waals surface area (Å²) in [7, 11) is 2.50. The Labute approximate surface area is 184 Å². The molecule has 0 saturated carbocycles. The highest BCUT2D eigenvalue weighted by Crippen LogP contribution is 2.33. The molecule has 1 heterocycles. The van der Waals surface area contributed by atoms with Crippen LogP contribution in [0.15, 0.2) is 35.2 Å². The monoisotopic (exact) mass is 450 g/mol. The van der Waals surface area contributed by atoms with Crippen LogP contribution in [-0.2, 0) is 23.0 Å². The fraction of sp³-hybridized carbons (Fsp3) is 0.455. The van der Waals surface area contributed by atoms with Crippen LogP contribution < -0.4 is 23.7 Å². The van der Waals surface area contributed by atoms with E-state index in [-0.39, 0.29) is 10.6 Å². The smallest absolute Gasteiger partial charge is 0.244 e. The van der Waals surface area contributed by atoms with Gasteiger partial charge in [0.1, 0.15) is 16.4 Å². The minimum absolute atomic E-state index is 0.0716. The molecule has 0 aliphatic carbocycles. The molecule has 0 bridgehead atoms. The van der Waals surface area contributed by atoms with E-state index >= 15 is 0 Å². The van der Waals surface area contributed by atoms with Gasteiger partial charge in [-0.15, -0.1) is 0 Å². The van der Waals surface area contributed by atoms with Gasteiger partial charge in [0.15, 0.2) is 11.5 Å². The summed E-state index contributed by atoms with van der Waals surface area (Å²) in [5.74, 6) is 2.21. The van der Waals surface area contributed by atoms with Crippen molar-refractivity contribution in [1.29, 1.82) is 0 Å². The van der Waals surface area contributed by atoms with Gasteiger partial charge < -0.3 is 18.9 Å². The number of fused-ring (bicyclic) bond motifs is 1. The molecule has 0 saturated heterocycles. The van der Waals surface area contributed by atoms with Gasteiger partial charge in [-0.2, -0.15) is 0 Å². The van der Waals surface area contributed by atoms with Crippen molar-refractivity contribution in [2.75, 3.05) is 48.1 Å². The van der Waals surface area contributed by atoms with Crippen LogP contribution in [0.1, 0.15) is 17.5 Å². The Morgan fingerprint density at radius 1 is 0.903 bits per heavy atom. The van der Waals surface area contributed by atoms with Crippen molar-refractivity contribution < 1.29 is 27.4 Å². The summed E-state index contributed by atoms with van der Waals surface area (Å²) in [4.78, 5) is 2.39. The summed E-state index contributed by atoms with van der Waals surface area (Å²) in [6, 6.07) is 8.78. The van der Waals surface area contributed by atoms with Crippen molar-refractivity contribution in [1.82, 2.24) is 9.62 Å². The molecular weight excluding hydrogens is 420 g/mol. The highest BCUT2D eigenvalue weighted by molar-refractivity contribution is 7.89. The molecule has 2 aromatic carbocycles. The molecule has 1 aliphatic rings. The number of hydrogen-bond acceptors (Lipinski definition) is 7. The Morgan fingerprint density at radius 3 is 2.23 bits per heavy atom. The Hall–Kier alpha value is -2.49. The second kappa shape index (κ2) is 10.2.